The van der Waals surface area contributed by atoms with E-state index in [-0.39, 0.29) is 25.2 Å². The smallest absolute Gasteiger partial charge is 0.334 e. The van der Waals surface area contributed by atoms with E-state index >= 15 is 0 Å². The molecular weight excluding hydrogens is 294 g/mol. The summed E-state index contributed by atoms with van der Waals surface area (Å²) in [6.45, 7) is 6.42. The first kappa shape index (κ1) is 15.7. The van der Waals surface area contributed by atoms with Gasteiger partial charge in [-0.15, -0.1) is 11.3 Å². The van der Waals surface area contributed by atoms with Crippen molar-refractivity contribution in [3.8, 4) is 0 Å². The topological polar surface area (TPSA) is 91.8 Å². The van der Waals surface area contributed by atoms with Gasteiger partial charge in [0.2, 0.25) is 0 Å². The Kier molecular flexibility index (Phi) is 4.79. The van der Waals surface area contributed by atoms with Crippen LogP contribution in [0.4, 0.5) is 4.79 Å². The highest BCUT2D eigenvalue weighted by atomic mass is 32.1. The minimum absolute atomic E-state index is 0.0641. The molecule has 8 heteroatoms. The number of carbonyl (C=O) groups is 2. The minimum Gasteiger partial charge on any atom is -0.479 e. The van der Waals surface area contributed by atoms with Crippen molar-refractivity contribution in [2.24, 2.45) is 0 Å². The molecule has 0 aromatic carbocycles. The number of nitrogens with one attached hydrogen (secondary N) is 1. The van der Waals surface area contributed by atoms with Crippen molar-refractivity contribution >= 4 is 23.3 Å². The molecule has 1 aromatic rings. The van der Waals surface area contributed by atoms with E-state index < -0.39 is 12.1 Å². The number of urea groups is 1. The molecule has 1 aliphatic heterocycles. The number of thiazole rings is 1. The average molecular weight is 313 g/mol. The highest BCUT2D eigenvalue weighted by molar-refractivity contribution is 7.11. The van der Waals surface area contributed by atoms with Crippen LogP contribution in [0.1, 0.15) is 28.5 Å². The first-order chi connectivity index (χ1) is 9.88. The lowest BCUT2D eigenvalue weighted by atomic mass is 10.2. The predicted octanol–water partition coefficient (Wildman–Crippen LogP) is 1.32. The van der Waals surface area contributed by atoms with Crippen molar-refractivity contribution in [2.45, 2.75) is 32.9 Å². The molecule has 0 radical (unpaired) electrons. The number of nitrogens with zero attached hydrogens (tertiary/aromatic N) is 2. The molecule has 2 amide bonds. The van der Waals surface area contributed by atoms with E-state index in [1.165, 1.54) is 4.90 Å². The van der Waals surface area contributed by atoms with Gasteiger partial charge in [0, 0.05) is 11.4 Å². The number of aliphatic carboxylic acids is 1. The highest BCUT2D eigenvalue weighted by Crippen LogP contribution is 2.24. The molecule has 2 heterocycles. The Labute approximate surface area is 126 Å². The Morgan fingerprint density at radius 3 is 2.81 bits per heavy atom. The molecule has 0 aliphatic carbocycles. The second kappa shape index (κ2) is 6.40. The van der Waals surface area contributed by atoms with E-state index in [2.05, 4.69) is 10.3 Å². The summed E-state index contributed by atoms with van der Waals surface area (Å²) in [5.74, 6) is -1.05. The Hall–Kier alpha value is -1.67. The highest BCUT2D eigenvalue weighted by Gasteiger charge is 2.29. The van der Waals surface area contributed by atoms with Gasteiger partial charge < -0.3 is 20.1 Å². The Morgan fingerprint density at radius 2 is 2.24 bits per heavy atom. The third kappa shape index (κ3) is 3.70. The van der Waals surface area contributed by atoms with E-state index in [1.54, 1.807) is 11.3 Å². The van der Waals surface area contributed by atoms with Crippen LogP contribution in [0, 0.1) is 13.8 Å². The van der Waals surface area contributed by atoms with Gasteiger partial charge in [-0.2, -0.15) is 0 Å². The monoisotopic (exact) mass is 313 g/mol. The van der Waals surface area contributed by atoms with E-state index in [9.17, 15) is 9.59 Å². The number of hydrogen-bond donors (Lipinski definition) is 2. The Balaban J connectivity index is 1.97. The molecule has 0 bridgehead atoms. The number of morpholine rings is 1. The summed E-state index contributed by atoms with van der Waals surface area (Å²) in [6, 6.07) is -0.433. The number of carbonyl (C=O) groups excluding carboxylic acids is 1. The maximum Gasteiger partial charge on any atom is 0.334 e. The van der Waals surface area contributed by atoms with Gasteiger partial charge in [0.25, 0.3) is 0 Å². The zero-order valence-corrected chi connectivity index (χ0v) is 13.1. The summed E-state index contributed by atoms with van der Waals surface area (Å²) in [7, 11) is 0. The summed E-state index contributed by atoms with van der Waals surface area (Å²) in [5, 5.41) is 12.8. The second-order valence-electron chi connectivity index (χ2n) is 5.00. The molecule has 2 unspecified atom stereocenters. The zero-order chi connectivity index (χ0) is 15.6. The van der Waals surface area contributed by atoms with Crippen LogP contribution in [-0.4, -0.2) is 52.8 Å². The third-order valence-electron chi connectivity index (χ3n) is 3.30. The summed E-state index contributed by atoms with van der Waals surface area (Å²) >= 11 is 1.55. The molecule has 1 aromatic heterocycles. The Bertz CT molecular complexity index is 546. The first-order valence-electron chi connectivity index (χ1n) is 6.72. The quantitative estimate of drug-likeness (QED) is 0.878. The van der Waals surface area contributed by atoms with E-state index in [1.807, 2.05) is 20.8 Å². The third-order valence-corrected chi connectivity index (χ3v) is 4.56. The van der Waals surface area contributed by atoms with Crippen LogP contribution in [0.2, 0.25) is 0 Å². The Morgan fingerprint density at radius 1 is 1.52 bits per heavy atom. The fraction of sp³-hybridized carbons (Fsp3) is 0.615. The predicted molar refractivity (Wildman–Crippen MR) is 77.5 cm³/mol. The molecule has 21 heavy (non-hydrogen) atoms. The molecule has 2 rings (SSSR count). The fourth-order valence-corrected chi connectivity index (χ4v) is 3.20. The molecule has 2 atom stereocenters. The summed E-state index contributed by atoms with van der Waals surface area (Å²) in [6.07, 6.45) is -0.952. The molecule has 1 aliphatic rings. The van der Waals surface area contributed by atoms with E-state index in [0.717, 1.165) is 15.6 Å². The van der Waals surface area contributed by atoms with Crippen molar-refractivity contribution in [2.75, 3.05) is 19.7 Å². The van der Waals surface area contributed by atoms with Gasteiger partial charge in [0.15, 0.2) is 6.10 Å². The normalized spacial score (nSPS) is 20.1. The van der Waals surface area contributed by atoms with Crippen LogP contribution in [0.5, 0.6) is 0 Å². The number of aryl methyl sites for hydroxylation is 2. The van der Waals surface area contributed by atoms with Gasteiger partial charge in [-0.25, -0.2) is 14.6 Å². The number of rotatable bonds is 3. The summed E-state index contributed by atoms with van der Waals surface area (Å²) < 4.78 is 5.10. The van der Waals surface area contributed by atoms with Crippen LogP contribution >= 0.6 is 11.3 Å². The lowest BCUT2D eigenvalue weighted by Gasteiger charge is -2.31. The maximum atomic E-state index is 12.2. The van der Waals surface area contributed by atoms with Gasteiger partial charge in [0.05, 0.1) is 29.9 Å². The van der Waals surface area contributed by atoms with Crippen molar-refractivity contribution in [1.29, 1.82) is 0 Å². The van der Waals surface area contributed by atoms with E-state index in [4.69, 9.17) is 9.84 Å². The van der Waals surface area contributed by atoms with E-state index in [0.29, 0.717) is 6.54 Å². The van der Waals surface area contributed by atoms with Crippen molar-refractivity contribution in [1.82, 2.24) is 15.2 Å². The standard InChI is InChI=1S/C13H19N3O4S/c1-7-11(21-9(3)14-7)8(2)15-13(19)16-4-5-20-10(6-16)12(17)18/h8,10H,4-6H2,1-3H3,(H,15,19)(H,17,18). The zero-order valence-electron chi connectivity index (χ0n) is 12.3. The summed E-state index contributed by atoms with van der Waals surface area (Å²) in [4.78, 5) is 30.0. The van der Waals surface area contributed by atoms with Gasteiger partial charge in [0.1, 0.15) is 0 Å². The molecule has 2 N–H and O–H groups in total. The summed E-state index contributed by atoms with van der Waals surface area (Å²) in [5.41, 5.74) is 0.913. The average Bonchev–Trinajstić information content (AvgIpc) is 2.77. The number of ether oxygens (including phenoxy) is 1. The van der Waals surface area contributed by atoms with Crippen LogP contribution in [-0.2, 0) is 9.53 Å². The molecule has 116 valence electrons. The van der Waals surface area contributed by atoms with Crippen LogP contribution in [0.15, 0.2) is 0 Å². The molecular formula is C13H19N3O4S. The molecule has 7 nitrogen and oxygen atoms in total. The molecule has 1 saturated heterocycles. The van der Waals surface area contributed by atoms with Crippen molar-refractivity contribution in [3.05, 3.63) is 15.6 Å². The molecule has 1 fully saturated rings. The molecule has 0 saturated carbocycles. The number of carboxylic acids is 1. The van der Waals surface area contributed by atoms with Crippen LogP contribution in [0.25, 0.3) is 0 Å². The SMILES string of the molecule is Cc1nc(C)c(C(C)NC(=O)N2CCOC(C(=O)O)C2)s1. The number of carboxylic acid groups (broad SMARTS) is 1. The van der Waals surface area contributed by atoms with Gasteiger partial charge in [-0.3, -0.25) is 0 Å². The first-order valence-corrected chi connectivity index (χ1v) is 7.54. The maximum absolute atomic E-state index is 12.2. The van der Waals surface area contributed by atoms with Crippen molar-refractivity contribution < 1.29 is 19.4 Å². The number of aromatic nitrogens is 1. The second-order valence-corrected chi connectivity index (χ2v) is 6.23. The number of amides is 2. The lowest BCUT2D eigenvalue weighted by molar-refractivity contribution is -0.154. The van der Waals surface area contributed by atoms with Gasteiger partial charge in [-0.1, -0.05) is 0 Å². The van der Waals surface area contributed by atoms with Gasteiger partial charge in [-0.05, 0) is 20.8 Å². The van der Waals surface area contributed by atoms with Crippen LogP contribution < -0.4 is 5.32 Å². The largest absolute Gasteiger partial charge is 0.479 e. The molecule has 0 spiro atoms. The van der Waals surface area contributed by atoms with Crippen molar-refractivity contribution in [3.63, 3.8) is 0 Å². The fourth-order valence-electron chi connectivity index (χ4n) is 2.27. The van der Waals surface area contributed by atoms with Crippen LogP contribution in [0.3, 0.4) is 0 Å². The minimum atomic E-state index is -1.05. The van der Waals surface area contributed by atoms with Gasteiger partial charge >= 0.3 is 12.0 Å². The number of hydrogen-bond acceptors (Lipinski definition) is 5. The lowest BCUT2D eigenvalue weighted by Crippen LogP contribution is -2.52.